The third-order valence-electron chi connectivity index (χ3n) is 4.95. The molecular formula is C22H24N4O3S. The van der Waals surface area contributed by atoms with Crippen molar-refractivity contribution < 1.29 is 13.2 Å². The zero-order valence-corrected chi connectivity index (χ0v) is 17.6. The van der Waals surface area contributed by atoms with Crippen molar-refractivity contribution >= 4 is 22.0 Å². The maximum absolute atomic E-state index is 12.8. The molecule has 156 valence electrons. The van der Waals surface area contributed by atoms with Crippen molar-refractivity contribution in [1.82, 2.24) is 14.5 Å². The first-order valence-corrected chi connectivity index (χ1v) is 11.1. The van der Waals surface area contributed by atoms with Crippen LogP contribution in [-0.2, 0) is 21.4 Å². The van der Waals surface area contributed by atoms with Gasteiger partial charge in [0, 0.05) is 32.7 Å². The van der Waals surface area contributed by atoms with Crippen molar-refractivity contribution in [3.63, 3.8) is 0 Å². The molecule has 0 spiro atoms. The number of amides is 1. The number of likely N-dealkylation sites (N-methyl/N-ethyl adjacent to an activating group) is 1. The maximum Gasteiger partial charge on any atom is 0.262 e. The van der Waals surface area contributed by atoms with Crippen molar-refractivity contribution in [2.75, 3.05) is 33.2 Å². The van der Waals surface area contributed by atoms with Gasteiger partial charge in [-0.25, -0.2) is 8.42 Å². The molecule has 0 aliphatic carbocycles. The molecule has 1 N–H and O–H groups in total. The van der Waals surface area contributed by atoms with Crippen LogP contribution in [0.25, 0.3) is 6.08 Å². The summed E-state index contributed by atoms with van der Waals surface area (Å²) in [5.41, 5.74) is 1.52. The van der Waals surface area contributed by atoms with Gasteiger partial charge in [0.2, 0.25) is 10.0 Å². The maximum atomic E-state index is 12.8. The summed E-state index contributed by atoms with van der Waals surface area (Å²) in [7, 11) is -1.55. The predicted octanol–water partition coefficient (Wildman–Crippen LogP) is 1.85. The van der Waals surface area contributed by atoms with E-state index in [9.17, 15) is 18.5 Å². The van der Waals surface area contributed by atoms with E-state index in [0.29, 0.717) is 26.2 Å². The van der Waals surface area contributed by atoms with Crippen molar-refractivity contribution in [3.8, 4) is 6.07 Å². The number of carbonyl (C=O) groups excluding carboxylic acids is 1. The minimum absolute atomic E-state index is 0.00969. The molecule has 3 rings (SSSR count). The van der Waals surface area contributed by atoms with Crippen LogP contribution in [0.2, 0.25) is 0 Å². The smallest absolute Gasteiger partial charge is 0.262 e. The van der Waals surface area contributed by atoms with Crippen LogP contribution in [0.3, 0.4) is 0 Å². The molecule has 2 aromatic rings. The molecule has 1 fully saturated rings. The highest BCUT2D eigenvalue weighted by Gasteiger charge is 2.27. The second kappa shape index (κ2) is 9.67. The SMILES string of the molecule is CN1CCN(S(=O)(=O)c2ccc(CNC(=O)/C(C#N)=C/c3ccccc3)cc2)CC1. The molecule has 30 heavy (non-hydrogen) atoms. The van der Waals surface area contributed by atoms with E-state index in [1.54, 1.807) is 24.3 Å². The van der Waals surface area contributed by atoms with Crippen LogP contribution < -0.4 is 5.32 Å². The van der Waals surface area contributed by atoms with E-state index in [0.717, 1.165) is 11.1 Å². The Kier molecular flexibility index (Phi) is 7.00. The van der Waals surface area contributed by atoms with Crippen LogP contribution >= 0.6 is 0 Å². The molecule has 8 heteroatoms. The zero-order valence-electron chi connectivity index (χ0n) is 16.8. The minimum atomic E-state index is -3.52. The Balaban J connectivity index is 1.62. The van der Waals surface area contributed by atoms with Crippen molar-refractivity contribution in [1.29, 1.82) is 5.26 Å². The number of sulfonamides is 1. The van der Waals surface area contributed by atoms with E-state index in [1.165, 1.54) is 10.4 Å². The van der Waals surface area contributed by atoms with E-state index in [4.69, 9.17) is 0 Å². The Labute approximate surface area is 177 Å². The molecule has 1 aliphatic heterocycles. The standard InChI is InChI=1S/C22H24N4O3S/c1-25-11-13-26(14-12-25)30(28,29)21-9-7-19(8-10-21)17-24-22(27)20(16-23)15-18-5-3-2-4-6-18/h2-10,15H,11-14,17H2,1H3,(H,24,27)/b20-15+. The summed E-state index contributed by atoms with van der Waals surface area (Å²) < 4.78 is 27.0. The van der Waals surface area contributed by atoms with Gasteiger partial charge in [-0.15, -0.1) is 0 Å². The van der Waals surface area contributed by atoms with Gasteiger partial charge >= 0.3 is 0 Å². The molecule has 0 bridgehead atoms. The molecule has 7 nitrogen and oxygen atoms in total. The lowest BCUT2D eigenvalue weighted by molar-refractivity contribution is -0.117. The van der Waals surface area contributed by atoms with Crippen LogP contribution in [0.4, 0.5) is 0 Å². The molecule has 0 saturated carbocycles. The van der Waals surface area contributed by atoms with Crippen LogP contribution in [0, 0.1) is 11.3 Å². The number of benzene rings is 2. The van der Waals surface area contributed by atoms with Gasteiger partial charge in [-0.2, -0.15) is 9.57 Å². The first-order chi connectivity index (χ1) is 14.4. The first-order valence-electron chi connectivity index (χ1n) is 9.63. The number of hydrogen-bond donors (Lipinski definition) is 1. The van der Waals surface area contributed by atoms with Crippen molar-refractivity contribution in [3.05, 3.63) is 71.3 Å². The Hall–Kier alpha value is -2.99. The van der Waals surface area contributed by atoms with E-state index in [-0.39, 0.29) is 17.0 Å². The summed E-state index contributed by atoms with van der Waals surface area (Å²) in [6.07, 6.45) is 1.53. The topological polar surface area (TPSA) is 93.5 Å². The third kappa shape index (κ3) is 5.33. The lowest BCUT2D eigenvalue weighted by Crippen LogP contribution is -2.47. The molecule has 1 saturated heterocycles. The molecule has 1 heterocycles. The number of rotatable bonds is 6. The number of nitrogens with one attached hydrogen (secondary N) is 1. The quantitative estimate of drug-likeness (QED) is 0.564. The molecular weight excluding hydrogens is 400 g/mol. The van der Waals surface area contributed by atoms with Gasteiger partial charge < -0.3 is 10.2 Å². The van der Waals surface area contributed by atoms with Crippen LogP contribution in [0.15, 0.2) is 65.1 Å². The summed E-state index contributed by atoms with van der Waals surface area (Å²) in [5.74, 6) is -0.476. The van der Waals surface area contributed by atoms with E-state index < -0.39 is 15.9 Å². The van der Waals surface area contributed by atoms with E-state index in [1.807, 2.05) is 43.4 Å². The summed E-state index contributed by atoms with van der Waals surface area (Å²) in [6, 6.07) is 17.5. The van der Waals surface area contributed by atoms with Gasteiger partial charge in [0.05, 0.1) is 4.90 Å². The molecule has 0 radical (unpaired) electrons. The second-order valence-electron chi connectivity index (χ2n) is 7.11. The monoisotopic (exact) mass is 424 g/mol. The van der Waals surface area contributed by atoms with Gasteiger partial charge in [0.25, 0.3) is 5.91 Å². The predicted molar refractivity (Wildman–Crippen MR) is 115 cm³/mol. The second-order valence-corrected chi connectivity index (χ2v) is 9.05. The Morgan fingerprint density at radius 1 is 1.07 bits per heavy atom. The summed E-state index contributed by atoms with van der Waals surface area (Å²) in [5, 5.41) is 12.0. The van der Waals surface area contributed by atoms with Crippen molar-refractivity contribution in [2.24, 2.45) is 0 Å². The average Bonchev–Trinajstić information content (AvgIpc) is 2.77. The summed E-state index contributed by atoms with van der Waals surface area (Å²) in [4.78, 5) is 14.6. The molecule has 2 aromatic carbocycles. The third-order valence-corrected chi connectivity index (χ3v) is 6.86. The van der Waals surface area contributed by atoms with E-state index >= 15 is 0 Å². The van der Waals surface area contributed by atoms with Crippen LogP contribution in [0.5, 0.6) is 0 Å². The number of carbonyl (C=O) groups is 1. The van der Waals surface area contributed by atoms with Crippen LogP contribution in [-0.4, -0.2) is 56.8 Å². The lowest BCUT2D eigenvalue weighted by Gasteiger charge is -2.31. The number of hydrogen-bond acceptors (Lipinski definition) is 5. The fraction of sp³-hybridized carbons (Fsp3) is 0.273. The molecule has 1 amide bonds. The normalized spacial score (nSPS) is 16.1. The molecule has 0 aromatic heterocycles. The minimum Gasteiger partial charge on any atom is -0.347 e. The summed E-state index contributed by atoms with van der Waals surface area (Å²) in [6.45, 7) is 2.56. The number of nitriles is 1. The highest BCUT2D eigenvalue weighted by atomic mass is 32.2. The fourth-order valence-electron chi connectivity index (χ4n) is 3.10. The Morgan fingerprint density at radius 2 is 1.70 bits per heavy atom. The highest BCUT2D eigenvalue weighted by molar-refractivity contribution is 7.89. The number of piperazine rings is 1. The summed E-state index contributed by atoms with van der Waals surface area (Å²) >= 11 is 0. The number of nitrogens with zero attached hydrogens (tertiary/aromatic N) is 3. The molecule has 0 atom stereocenters. The fourth-order valence-corrected chi connectivity index (χ4v) is 4.52. The zero-order chi connectivity index (χ0) is 21.6. The van der Waals surface area contributed by atoms with Gasteiger partial charge in [-0.05, 0) is 36.4 Å². The Morgan fingerprint density at radius 3 is 2.30 bits per heavy atom. The molecule has 0 unspecified atom stereocenters. The average molecular weight is 425 g/mol. The van der Waals surface area contributed by atoms with Crippen LogP contribution in [0.1, 0.15) is 11.1 Å². The van der Waals surface area contributed by atoms with Crippen molar-refractivity contribution in [2.45, 2.75) is 11.4 Å². The van der Waals surface area contributed by atoms with Gasteiger partial charge in [0.1, 0.15) is 11.6 Å². The lowest BCUT2D eigenvalue weighted by atomic mass is 10.1. The van der Waals surface area contributed by atoms with Gasteiger partial charge in [-0.1, -0.05) is 42.5 Å². The largest absolute Gasteiger partial charge is 0.347 e. The van der Waals surface area contributed by atoms with Gasteiger partial charge in [-0.3, -0.25) is 4.79 Å². The van der Waals surface area contributed by atoms with Gasteiger partial charge in [0.15, 0.2) is 0 Å². The molecule has 1 aliphatic rings. The van der Waals surface area contributed by atoms with E-state index in [2.05, 4.69) is 10.2 Å². The first kappa shape index (κ1) is 21.7. The Bertz CT molecular complexity index is 1050. The highest BCUT2D eigenvalue weighted by Crippen LogP contribution is 2.18.